The van der Waals surface area contributed by atoms with Gasteiger partial charge >= 0.3 is 0 Å². The molecule has 1 aliphatic rings. The van der Waals surface area contributed by atoms with Gasteiger partial charge in [-0.3, -0.25) is 14.9 Å². The first-order valence-electron chi connectivity index (χ1n) is 12.5. The molecule has 1 amide bonds. The maximum Gasteiger partial charge on any atom is 0.272 e. The Labute approximate surface area is 226 Å². The largest absolute Gasteiger partial charge is 0.437 e. The molecule has 3 aromatic rings. The first-order chi connectivity index (χ1) is 18.5. The Hall–Kier alpha value is -3.81. The zero-order valence-electron chi connectivity index (χ0n) is 22.2. The molecule has 0 spiro atoms. The second kappa shape index (κ2) is 11.5. The van der Waals surface area contributed by atoms with Crippen LogP contribution in [0.2, 0.25) is 0 Å². The number of benzene rings is 2. The molecule has 1 unspecified atom stereocenters. The maximum absolute atomic E-state index is 13.6. The van der Waals surface area contributed by atoms with Crippen molar-refractivity contribution in [3.63, 3.8) is 0 Å². The zero-order chi connectivity index (χ0) is 28.3. The third-order valence-electron chi connectivity index (χ3n) is 6.48. The summed E-state index contributed by atoms with van der Waals surface area (Å²) in [6.45, 7) is 8.02. The Kier molecular flexibility index (Phi) is 8.33. The maximum atomic E-state index is 13.6. The summed E-state index contributed by atoms with van der Waals surface area (Å²) in [6.07, 6.45) is 0.721. The number of aromatic nitrogens is 2. The smallest absolute Gasteiger partial charge is 0.272 e. The summed E-state index contributed by atoms with van der Waals surface area (Å²) in [5, 5.41) is 18.9. The SMILES string of the molecule is CCC(C)NC(=O)c1nn(-c2ccc(C)cc2)c(Oc2ccc([N+](=O)[O-])cc2S(=O)(=O)N2CCOCC2)c1C. The second-order valence-corrected chi connectivity index (χ2v) is 11.2. The molecule has 4 rings (SSSR count). The highest BCUT2D eigenvalue weighted by Gasteiger charge is 2.32. The molecule has 0 aliphatic carbocycles. The number of morpholine rings is 1. The number of carbonyl (C=O) groups excluding carboxylic acids is 1. The number of carbonyl (C=O) groups is 1. The highest BCUT2D eigenvalue weighted by atomic mass is 32.2. The fourth-order valence-electron chi connectivity index (χ4n) is 4.00. The van der Waals surface area contributed by atoms with Gasteiger partial charge in [0.1, 0.15) is 10.6 Å². The highest BCUT2D eigenvalue weighted by molar-refractivity contribution is 7.89. The van der Waals surface area contributed by atoms with Crippen molar-refractivity contribution in [3.05, 3.63) is 69.4 Å². The fraction of sp³-hybridized carbons (Fsp3) is 0.385. The van der Waals surface area contributed by atoms with Crippen LogP contribution in [0.3, 0.4) is 0 Å². The van der Waals surface area contributed by atoms with Crippen LogP contribution in [0, 0.1) is 24.0 Å². The second-order valence-electron chi connectivity index (χ2n) is 9.32. The topological polar surface area (TPSA) is 146 Å². The van der Waals surface area contributed by atoms with Gasteiger partial charge in [-0.25, -0.2) is 8.42 Å². The lowest BCUT2D eigenvalue weighted by molar-refractivity contribution is -0.385. The van der Waals surface area contributed by atoms with Crippen molar-refractivity contribution in [2.45, 2.75) is 45.1 Å². The zero-order valence-corrected chi connectivity index (χ0v) is 23.0. The predicted octanol–water partition coefficient (Wildman–Crippen LogP) is 3.74. The van der Waals surface area contributed by atoms with E-state index in [1.54, 1.807) is 19.1 Å². The summed E-state index contributed by atoms with van der Waals surface area (Å²) < 4.78 is 41.3. The molecule has 2 aromatic carbocycles. The molecule has 12 nitrogen and oxygen atoms in total. The molecular formula is C26H31N5O7S. The Morgan fingerprint density at radius 2 is 1.85 bits per heavy atom. The van der Waals surface area contributed by atoms with E-state index in [1.165, 1.54) is 21.1 Å². The summed E-state index contributed by atoms with van der Waals surface area (Å²) in [5.41, 5.74) is 1.69. The van der Waals surface area contributed by atoms with Crippen molar-refractivity contribution >= 4 is 21.6 Å². The van der Waals surface area contributed by atoms with Gasteiger partial charge in [0.15, 0.2) is 5.69 Å². The van der Waals surface area contributed by atoms with Gasteiger partial charge in [0.05, 0.1) is 23.8 Å². The predicted molar refractivity (Wildman–Crippen MR) is 143 cm³/mol. The van der Waals surface area contributed by atoms with Gasteiger partial charge in [0, 0.05) is 36.8 Å². The van der Waals surface area contributed by atoms with Crippen LogP contribution in [0.5, 0.6) is 11.6 Å². The fourth-order valence-corrected chi connectivity index (χ4v) is 5.54. The molecule has 1 aromatic heterocycles. The minimum Gasteiger partial charge on any atom is -0.437 e. The Bertz CT molecular complexity index is 1480. The molecule has 13 heteroatoms. The van der Waals surface area contributed by atoms with Gasteiger partial charge in [-0.15, -0.1) is 0 Å². The van der Waals surface area contributed by atoms with E-state index in [1.807, 2.05) is 32.9 Å². The summed E-state index contributed by atoms with van der Waals surface area (Å²) in [4.78, 5) is 23.5. The molecule has 1 saturated heterocycles. The minimum absolute atomic E-state index is 0.0919. The van der Waals surface area contributed by atoms with Crippen LogP contribution in [-0.4, -0.2) is 65.7 Å². The molecule has 208 valence electrons. The number of rotatable bonds is 9. The van der Waals surface area contributed by atoms with Crippen molar-refractivity contribution in [1.82, 2.24) is 19.4 Å². The van der Waals surface area contributed by atoms with Crippen molar-refractivity contribution in [3.8, 4) is 17.3 Å². The minimum atomic E-state index is -4.18. The van der Waals surface area contributed by atoms with E-state index in [-0.39, 0.29) is 54.6 Å². The summed E-state index contributed by atoms with van der Waals surface area (Å²) in [5.74, 6) is -0.416. The molecule has 1 fully saturated rings. The Morgan fingerprint density at radius 3 is 2.46 bits per heavy atom. The lowest BCUT2D eigenvalue weighted by atomic mass is 10.2. The number of nitro groups is 1. The molecule has 39 heavy (non-hydrogen) atoms. The number of hydrogen-bond acceptors (Lipinski definition) is 8. The van der Waals surface area contributed by atoms with Crippen molar-refractivity contribution < 1.29 is 27.6 Å². The number of nitrogens with zero attached hydrogens (tertiary/aromatic N) is 4. The van der Waals surface area contributed by atoms with E-state index < -0.39 is 26.5 Å². The number of non-ortho nitro benzene ring substituents is 1. The molecule has 1 N–H and O–H groups in total. The summed E-state index contributed by atoms with van der Waals surface area (Å²) in [7, 11) is -4.18. The molecule has 1 atom stereocenters. The van der Waals surface area contributed by atoms with Gasteiger partial charge in [-0.1, -0.05) is 24.6 Å². The van der Waals surface area contributed by atoms with E-state index in [4.69, 9.17) is 9.47 Å². The normalized spacial score (nSPS) is 15.1. The average Bonchev–Trinajstić information content (AvgIpc) is 3.25. The van der Waals surface area contributed by atoms with Gasteiger partial charge in [-0.2, -0.15) is 14.1 Å². The summed E-state index contributed by atoms with van der Waals surface area (Å²) in [6, 6.07) is 10.6. The molecule has 0 radical (unpaired) electrons. The number of hydrogen-bond donors (Lipinski definition) is 1. The first-order valence-corrected chi connectivity index (χ1v) is 14.0. The lowest BCUT2D eigenvalue weighted by Gasteiger charge is -2.26. The molecule has 0 saturated carbocycles. The number of ether oxygens (including phenoxy) is 2. The van der Waals surface area contributed by atoms with E-state index in [0.29, 0.717) is 11.3 Å². The first kappa shape index (κ1) is 28.2. The van der Waals surface area contributed by atoms with E-state index in [0.717, 1.165) is 18.1 Å². The number of aryl methyl sites for hydroxylation is 1. The number of sulfonamides is 1. The third kappa shape index (κ3) is 5.95. The van der Waals surface area contributed by atoms with Crippen LogP contribution in [0.25, 0.3) is 5.69 Å². The van der Waals surface area contributed by atoms with Crippen molar-refractivity contribution in [2.75, 3.05) is 26.3 Å². The summed E-state index contributed by atoms with van der Waals surface area (Å²) >= 11 is 0. The van der Waals surface area contributed by atoms with Crippen LogP contribution < -0.4 is 10.1 Å². The van der Waals surface area contributed by atoms with E-state index in [9.17, 15) is 23.3 Å². The van der Waals surface area contributed by atoms with Crippen LogP contribution in [0.4, 0.5) is 5.69 Å². The van der Waals surface area contributed by atoms with Gasteiger partial charge < -0.3 is 14.8 Å². The molecular weight excluding hydrogens is 526 g/mol. The van der Waals surface area contributed by atoms with Gasteiger partial charge in [0.2, 0.25) is 15.9 Å². The van der Waals surface area contributed by atoms with E-state index in [2.05, 4.69) is 10.4 Å². The quantitative estimate of drug-likeness (QED) is 0.309. The Balaban J connectivity index is 1.85. The third-order valence-corrected chi connectivity index (χ3v) is 8.40. The van der Waals surface area contributed by atoms with Gasteiger partial charge in [-0.05, 0) is 45.4 Å². The Morgan fingerprint density at radius 1 is 1.18 bits per heavy atom. The van der Waals surface area contributed by atoms with E-state index >= 15 is 0 Å². The van der Waals surface area contributed by atoms with Gasteiger partial charge in [0.25, 0.3) is 11.6 Å². The number of amides is 1. The van der Waals surface area contributed by atoms with Crippen LogP contribution in [0.15, 0.2) is 47.4 Å². The molecule has 2 heterocycles. The monoisotopic (exact) mass is 557 g/mol. The van der Waals surface area contributed by atoms with Crippen LogP contribution in [-0.2, 0) is 14.8 Å². The average molecular weight is 558 g/mol. The van der Waals surface area contributed by atoms with Crippen molar-refractivity contribution in [2.24, 2.45) is 0 Å². The number of nitro benzene ring substituents is 1. The lowest BCUT2D eigenvalue weighted by Crippen LogP contribution is -2.40. The van der Waals surface area contributed by atoms with Crippen LogP contribution >= 0.6 is 0 Å². The molecule has 0 bridgehead atoms. The van der Waals surface area contributed by atoms with Crippen LogP contribution in [0.1, 0.15) is 41.9 Å². The highest BCUT2D eigenvalue weighted by Crippen LogP contribution is 2.37. The molecule has 1 aliphatic heterocycles. The standard InChI is InChI=1S/C26H31N5O7S/c1-5-18(3)27-25(32)24-19(4)26(30(28-24)20-8-6-17(2)7-9-20)38-22-11-10-21(31(33)34)16-23(22)39(35,36)29-12-14-37-15-13-29/h6-11,16,18H,5,12-15H2,1-4H3,(H,27,32). The number of nitrogens with one attached hydrogen (secondary N) is 1. The van der Waals surface area contributed by atoms with Crippen molar-refractivity contribution in [1.29, 1.82) is 0 Å².